The van der Waals surface area contributed by atoms with Crippen LogP contribution in [0.2, 0.25) is 0 Å². The van der Waals surface area contributed by atoms with Gasteiger partial charge in [-0.3, -0.25) is 9.29 Å². The van der Waals surface area contributed by atoms with Gasteiger partial charge in [-0.15, -0.1) is 0 Å². The van der Waals surface area contributed by atoms with Crippen molar-refractivity contribution in [1.82, 2.24) is 13.9 Å². The number of rotatable bonds is 5. The zero-order valence-corrected chi connectivity index (χ0v) is 18.2. The third kappa shape index (κ3) is 4.01. The predicted molar refractivity (Wildman–Crippen MR) is 117 cm³/mol. The zero-order chi connectivity index (χ0) is 22.9. The number of halogens is 1. The summed E-state index contributed by atoms with van der Waals surface area (Å²) in [6, 6.07) is 8.52. The van der Waals surface area contributed by atoms with E-state index in [1.807, 2.05) is 0 Å². The van der Waals surface area contributed by atoms with Crippen molar-refractivity contribution in [3.8, 4) is 11.8 Å². The summed E-state index contributed by atoms with van der Waals surface area (Å²) in [5, 5.41) is -0.0210. The first-order chi connectivity index (χ1) is 15.3. The maximum atomic E-state index is 14.9. The van der Waals surface area contributed by atoms with Crippen LogP contribution >= 0.6 is 11.5 Å². The van der Waals surface area contributed by atoms with Crippen LogP contribution in [-0.4, -0.2) is 28.9 Å². The number of fused-ring (bicyclic) bond motifs is 1. The average Bonchev–Trinajstić information content (AvgIpc) is 3.37. The van der Waals surface area contributed by atoms with Gasteiger partial charge in [-0.05, 0) is 18.6 Å². The summed E-state index contributed by atoms with van der Waals surface area (Å²) in [5.41, 5.74) is 6.85. The minimum Gasteiger partial charge on any atom is -0.408 e. The van der Waals surface area contributed by atoms with Gasteiger partial charge >= 0.3 is 5.76 Å². The van der Waals surface area contributed by atoms with Gasteiger partial charge < -0.3 is 10.2 Å². The maximum absolute atomic E-state index is 14.9. The van der Waals surface area contributed by atoms with E-state index in [1.54, 1.807) is 31.2 Å². The smallest absolute Gasteiger partial charge is 0.408 e. The van der Waals surface area contributed by atoms with E-state index in [0.29, 0.717) is 11.1 Å². The van der Waals surface area contributed by atoms with Crippen molar-refractivity contribution in [2.75, 3.05) is 11.3 Å². The Labute approximate surface area is 185 Å². The molecule has 0 fully saturated rings. The lowest BCUT2D eigenvalue weighted by Crippen LogP contribution is -2.20. The highest BCUT2D eigenvalue weighted by Gasteiger charge is 2.26. The zero-order valence-electron chi connectivity index (χ0n) is 16.6. The summed E-state index contributed by atoms with van der Waals surface area (Å²) in [5.74, 6) is 3.91. The largest absolute Gasteiger partial charge is 0.420 e. The number of nitrogens with one attached hydrogen (secondary N) is 1. The van der Waals surface area contributed by atoms with E-state index < -0.39 is 32.5 Å². The Kier molecular flexibility index (Phi) is 5.79. The summed E-state index contributed by atoms with van der Waals surface area (Å²) >= 11 is 0.799. The first kappa shape index (κ1) is 21.7. The van der Waals surface area contributed by atoms with E-state index >= 15 is 0 Å². The molecule has 4 aromatic rings. The van der Waals surface area contributed by atoms with E-state index in [-0.39, 0.29) is 22.8 Å². The molecule has 2 aromatic heterocycles. The Hall–Kier alpha value is -3.53. The normalized spacial score (nSPS) is 12.3. The first-order valence-electron chi connectivity index (χ1n) is 9.23. The number of anilines is 1. The Morgan fingerprint density at radius 2 is 2.12 bits per heavy atom. The average molecular weight is 474 g/mol. The molecular formula is C20H16FN5O4S2. The Morgan fingerprint density at radius 3 is 2.84 bits per heavy atom. The summed E-state index contributed by atoms with van der Waals surface area (Å²) in [6.07, 6.45) is 1.17. The molecule has 9 nitrogen and oxygen atoms in total. The number of benzene rings is 2. The number of sulfonamides is 1. The molecule has 0 aliphatic heterocycles. The highest BCUT2D eigenvalue weighted by molar-refractivity contribution is 7.93. The van der Waals surface area contributed by atoms with Crippen LogP contribution in [0.4, 0.5) is 9.52 Å². The van der Waals surface area contributed by atoms with Crippen LogP contribution in [0.3, 0.4) is 0 Å². The lowest BCUT2D eigenvalue weighted by atomic mass is 10.0. The molecule has 1 atom stereocenters. The standard InChI is InChI=1S/C20H16FN5O4S2/c1-12(14-7-3-2-5-13(14)6-4-8-22)26-16-9-15(21)18(10-17(16)30-20(26)27)32(28,29)25-19-23-11-24-31-19/h2-3,5,7,9-12H,8,22H2,1H3,(H,23,24,25). The molecule has 4 rings (SSSR count). The van der Waals surface area contributed by atoms with Gasteiger partial charge in [-0.2, -0.15) is 4.37 Å². The molecule has 32 heavy (non-hydrogen) atoms. The van der Waals surface area contributed by atoms with E-state index in [4.69, 9.17) is 10.2 Å². The third-order valence-electron chi connectivity index (χ3n) is 4.66. The maximum Gasteiger partial charge on any atom is 0.420 e. The van der Waals surface area contributed by atoms with Gasteiger partial charge in [0.15, 0.2) is 5.58 Å². The number of hydrogen-bond acceptors (Lipinski definition) is 8. The van der Waals surface area contributed by atoms with Crippen molar-refractivity contribution in [3.05, 3.63) is 70.2 Å². The van der Waals surface area contributed by atoms with Crippen molar-refractivity contribution in [1.29, 1.82) is 0 Å². The Morgan fingerprint density at radius 1 is 1.34 bits per heavy atom. The lowest BCUT2D eigenvalue weighted by Gasteiger charge is -2.15. The molecule has 12 heteroatoms. The summed E-state index contributed by atoms with van der Waals surface area (Å²) < 4.78 is 52.4. The number of nitrogens with zero attached hydrogens (tertiary/aromatic N) is 3. The monoisotopic (exact) mass is 473 g/mol. The molecule has 0 saturated heterocycles. The van der Waals surface area contributed by atoms with Crippen molar-refractivity contribution in [2.24, 2.45) is 5.73 Å². The minimum atomic E-state index is -4.32. The fourth-order valence-electron chi connectivity index (χ4n) is 3.26. The second-order valence-electron chi connectivity index (χ2n) is 6.61. The number of nitrogens with two attached hydrogens (primary N) is 1. The van der Waals surface area contributed by atoms with Crippen LogP contribution in [0.15, 0.2) is 56.8 Å². The summed E-state index contributed by atoms with van der Waals surface area (Å²) in [6.45, 7) is 1.91. The number of aromatic nitrogens is 3. The van der Waals surface area contributed by atoms with Crippen LogP contribution in [-0.2, 0) is 10.0 Å². The van der Waals surface area contributed by atoms with Gasteiger partial charge in [0, 0.05) is 29.2 Å². The molecule has 0 aliphatic carbocycles. The van der Waals surface area contributed by atoms with E-state index in [1.165, 1.54) is 10.9 Å². The molecule has 1 unspecified atom stereocenters. The van der Waals surface area contributed by atoms with Gasteiger partial charge in [-0.1, -0.05) is 30.0 Å². The fraction of sp³-hybridized carbons (Fsp3) is 0.150. The minimum absolute atomic E-state index is 0.0210. The number of hydrogen-bond donors (Lipinski definition) is 2. The molecule has 2 aromatic carbocycles. The van der Waals surface area contributed by atoms with Crippen LogP contribution in [0.1, 0.15) is 24.1 Å². The summed E-state index contributed by atoms with van der Waals surface area (Å²) in [7, 11) is -4.32. The molecule has 0 aliphatic rings. The second-order valence-corrected chi connectivity index (χ2v) is 9.04. The van der Waals surface area contributed by atoms with Crippen LogP contribution in [0.5, 0.6) is 0 Å². The van der Waals surface area contributed by atoms with Crippen LogP contribution in [0, 0.1) is 17.7 Å². The fourth-order valence-corrected chi connectivity index (χ4v) is 4.99. The Balaban J connectivity index is 1.81. The highest BCUT2D eigenvalue weighted by atomic mass is 32.2. The van der Waals surface area contributed by atoms with E-state index in [0.717, 1.165) is 23.7 Å². The highest BCUT2D eigenvalue weighted by Crippen LogP contribution is 2.28. The van der Waals surface area contributed by atoms with Crippen molar-refractivity contribution in [2.45, 2.75) is 17.9 Å². The first-order valence-corrected chi connectivity index (χ1v) is 11.5. The van der Waals surface area contributed by atoms with Crippen molar-refractivity contribution in [3.63, 3.8) is 0 Å². The van der Waals surface area contributed by atoms with E-state index in [2.05, 4.69) is 25.9 Å². The SMILES string of the molecule is CC(c1ccccc1C#CCN)n1c(=O)oc2cc(S(=O)(=O)Nc3ncns3)c(F)cc21. The van der Waals surface area contributed by atoms with Gasteiger partial charge in [-0.25, -0.2) is 22.6 Å². The molecule has 164 valence electrons. The van der Waals surface area contributed by atoms with Gasteiger partial charge in [0.05, 0.1) is 18.1 Å². The van der Waals surface area contributed by atoms with E-state index in [9.17, 15) is 17.6 Å². The molecule has 0 radical (unpaired) electrons. The van der Waals surface area contributed by atoms with Gasteiger partial charge in [0.25, 0.3) is 10.0 Å². The van der Waals surface area contributed by atoms with Crippen LogP contribution < -0.4 is 16.2 Å². The summed E-state index contributed by atoms with van der Waals surface area (Å²) in [4.78, 5) is 15.7. The molecule has 0 amide bonds. The van der Waals surface area contributed by atoms with Gasteiger partial charge in [0.1, 0.15) is 17.0 Å². The molecule has 0 bridgehead atoms. The van der Waals surface area contributed by atoms with Gasteiger partial charge in [0.2, 0.25) is 5.13 Å². The topological polar surface area (TPSA) is 133 Å². The van der Waals surface area contributed by atoms with Crippen LogP contribution in [0.25, 0.3) is 11.1 Å². The van der Waals surface area contributed by atoms with Crippen molar-refractivity contribution < 1.29 is 17.2 Å². The molecule has 0 saturated carbocycles. The predicted octanol–water partition coefficient (Wildman–Crippen LogP) is 2.31. The van der Waals surface area contributed by atoms with Crippen molar-refractivity contribution >= 4 is 37.8 Å². The third-order valence-corrected chi connectivity index (χ3v) is 6.73. The molecule has 3 N–H and O–H groups in total. The number of oxazole rings is 1. The Bertz CT molecular complexity index is 1520. The molecule has 0 spiro atoms. The quantitative estimate of drug-likeness (QED) is 0.425. The lowest BCUT2D eigenvalue weighted by molar-refractivity contribution is 0.489. The molecule has 2 heterocycles. The molecular weight excluding hydrogens is 457 g/mol. The second kappa shape index (κ2) is 8.54.